The van der Waals surface area contributed by atoms with Gasteiger partial charge in [0.1, 0.15) is 5.75 Å². The molecule has 0 aliphatic carbocycles. The number of nitriles is 1. The maximum Gasteiger partial charge on any atom is 0.251 e. The third-order valence-electron chi connectivity index (χ3n) is 2.25. The van der Waals surface area contributed by atoms with Crippen LogP contribution in [0, 0.1) is 11.3 Å². The first-order chi connectivity index (χ1) is 8.35. The van der Waals surface area contributed by atoms with Crippen LogP contribution in [0.2, 0.25) is 0 Å². The van der Waals surface area contributed by atoms with Gasteiger partial charge in [-0.3, -0.25) is 0 Å². The summed E-state index contributed by atoms with van der Waals surface area (Å²) in [5.41, 5.74) is 0.755. The zero-order valence-electron chi connectivity index (χ0n) is 9.38. The highest BCUT2D eigenvalue weighted by molar-refractivity contribution is 5.62. The summed E-state index contributed by atoms with van der Waals surface area (Å²) in [5, 5.41) is 16.3. The summed E-state index contributed by atoms with van der Waals surface area (Å²) in [6.07, 6.45) is 0.839. The predicted molar refractivity (Wildman–Crippen MR) is 60.2 cm³/mol. The van der Waals surface area contributed by atoms with Crippen LogP contribution in [0.1, 0.15) is 12.3 Å². The molecule has 5 heteroatoms. The van der Waals surface area contributed by atoms with Gasteiger partial charge in [-0.25, -0.2) is 0 Å². The van der Waals surface area contributed by atoms with Gasteiger partial charge in [0.2, 0.25) is 5.89 Å². The summed E-state index contributed by atoms with van der Waals surface area (Å²) in [5.74, 6) is 1.56. The van der Waals surface area contributed by atoms with Crippen molar-refractivity contribution >= 4 is 0 Å². The molecule has 1 heterocycles. The van der Waals surface area contributed by atoms with Gasteiger partial charge in [-0.15, -0.1) is 10.2 Å². The van der Waals surface area contributed by atoms with Gasteiger partial charge in [-0.1, -0.05) is 12.1 Å². The minimum absolute atomic E-state index is 0.369. The summed E-state index contributed by atoms with van der Waals surface area (Å²) < 4.78 is 10.7. The monoisotopic (exact) mass is 229 g/mol. The fraction of sp³-hybridized carbons (Fsp3) is 0.250. The molecule has 0 aliphatic rings. The van der Waals surface area contributed by atoms with Crippen LogP contribution >= 0.6 is 0 Å². The Bertz CT molecular complexity index is 543. The number of aryl methyl sites for hydroxylation is 1. The van der Waals surface area contributed by atoms with E-state index in [1.54, 1.807) is 7.11 Å². The van der Waals surface area contributed by atoms with Crippen molar-refractivity contribution in [1.82, 2.24) is 10.2 Å². The lowest BCUT2D eigenvalue weighted by Gasteiger charge is -2.03. The van der Waals surface area contributed by atoms with Crippen molar-refractivity contribution in [1.29, 1.82) is 5.26 Å². The number of nitrogens with zero attached hydrogens (tertiary/aromatic N) is 3. The topological polar surface area (TPSA) is 71.9 Å². The Kier molecular flexibility index (Phi) is 3.36. The number of benzene rings is 1. The maximum atomic E-state index is 8.47. The third-order valence-corrected chi connectivity index (χ3v) is 2.25. The molecule has 0 radical (unpaired) electrons. The highest BCUT2D eigenvalue weighted by Crippen LogP contribution is 2.28. The van der Waals surface area contributed by atoms with Crippen LogP contribution in [0.5, 0.6) is 5.75 Å². The lowest BCUT2D eigenvalue weighted by atomic mass is 10.2. The molecular weight excluding hydrogens is 218 g/mol. The van der Waals surface area contributed by atoms with Gasteiger partial charge in [0.15, 0.2) is 0 Å². The molecule has 0 unspecified atom stereocenters. The summed E-state index contributed by atoms with van der Waals surface area (Å²) in [4.78, 5) is 0. The van der Waals surface area contributed by atoms with Crippen molar-refractivity contribution in [3.05, 3.63) is 30.2 Å². The zero-order chi connectivity index (χ0) is 12.1. The van der Waals surface area contributed by atoms with E-state index >= 15 is 0 Å². The molecule has 0 saturated carbocycles. The van der Waals surface area contributed by atoms with Crippen LogP contribution in [0.15, 0.2) is 28.7 Å². The molecule has 0 fully saturated rings. The molecular formula is C12H11N3O2. The fourth-order valence-corrected chi connectivity index (χ4v) is 1.45. The van der Waals surface area contributed by atoms with Gasteiger partial charge in [0, 0.05) is 12.8 Å². The summed E-state index contributed by atoms with van der Waals surface area (Å²) in [7, 11) is 1.59. The van der Waals surface area contributed by atoms with E-state index in [9.17, 15) is 0 Å². The first-order valence-electron chi connectivity index (χ1n) is 5.18. The molecule has 0 bridgehead atoms. The number of methoxy groups -OCH3 is 1. The highest BCUT2D eigenvalue weighted by atomic mass is 16.5. The van der Waals surface area contributed by atoms with Crippen LogP contribution in [0.25, 0.3) is 11.5 Å². The number of ether oxygens (including phenoxy) is 1. The first kappa shape index (κ1) is 11.1. The standard InChI is InChI=1S/C12H11N3O2/c1-16-10-6-3-2-5-9(10)12-15-14-11(17-12)7-4-8-13/h2-3,5-6H,4,7H2,1H3. The Labute approximate surface area is 98.7 Å². The molecule has 17 heavy (non-hydrogen) atoms. The average Bonchev–Trinajstić information content (AvgIpc) is 2.85. The fourth-order valence-electron chi connectivity index (χ4n) is 1.45. The van der Waals surface area contributed by atoms with Crippen LogP contribution in [0.4, 0.5) is 0 Å². The normalized spacial score (nSPS) is 9.88. The van der Waals surface area contributed by atoms with Crippen LogP contribution in [-0.4, -0.2) is 17.3 Å². The van der Waals surface area contributed by atoms with Gasteiger partial charge in [0.25, 0.3) is 5.89 Å². The van der Waals surface area contributed by atoms with Crippen molar-refractivity contribution < 1.29 is 9.15 Å². The number of hydrogen-bond acceptors (Lipinski definition) is 5. The van der Waals surface area contributed by atoms with Crippen LogP contribution in [-0.2, 0) is 6.42 Å². The Hall–Kier alpha value is -2.35. The van der Waals surface area contributed by atoms with Gasteiger partial charge in [0.05, 0.1) is 18.7 Å². The average molecular weight is 229 g/mol. The van der Waals surface area contributed by atoms with Crippen LogP contribution < -0.4 is 4.74 Å². The third kappa shape index (κ3) is 2.42. The minimum atomic E-state index is 0.369. The van der Waals surface area contributed by atoms with E-state index in [1.165, 1.54) is 0 Å². The van der Waals surface area contributed by atoms with E-state index in [4.69, 9.17) is 14.4 Å². The molecule has 0 amide bonds. The predicted octanol–water partition coefficient (Wildman–Crippen LogP) is 2.20. The van der Waals surface area contributed by atoms with Crippen molar-refractivity contribution in [2.24, 2.45) is 0 Å². The molecule has 0 N–H and O–H groups in total. The van der Waals surface area contributed by atoms with Crippen molar-refractivity contribution in [2.75, 3.05) is 7.11 Å². The second kappa shape index (κ2) is 5.12. The second-order valence-electron chi connectivity index (χ2n) is 3.36. The molecule has 2 rings (SSSR count). The van der Waals surface area contributed by atoms with E-state index in [-0.39, 0.29) is 0 Å². The summed E-state index contributed by atoms with van der Waals surface area (Å²) >= 11 is 0. The SMILES string of the molecule is COc1ccccc1-c1nnc(CCC#N)o1. The molecule has 86 valence electrons. The zero-order valence-corrected chi connectivity index (χ0v) is 9.38. The lowest BCUT2D eigenvalue weighted by Crippen LogP contribution is -1.87. The lowest BCUT2D eigenvalue weighted by molar-refractivity contribution is 0.413. The maximum absolute atomic E-state index is 8.47. The van der Waals surface area contributed by atoms with E-state index in [0.29, 0.717) is 30.4 Å². The molecule has 2 aromatic rings. The van der Waals surface area contributed by atoms with Gasteiger partial charge in [-0.2, -0.15) is 5.26 Å². The molecule has 1 aromatic carbocycles. The minimum Gasteiger partial charge on any atom is -0.496 e. The molecule has 0 spiro atoms. The largest absolute Gasteiger partial charge is 0.496 e. The molecule has 0 aliphatic heterocycles. The van der Waals surface area contributed by atoms with Crippen molar-refractivity contribution in [2.45, 2.75) is 12.8 Å². The quantitative estimate of drug-likeness (QED) is 0.803. The molecule has 5 nitrogen and oxygen atoms in total. The molecule has 1 aromatic heterocycles. The first-order valence-corrected chi connectivity index (χ1v) is 5.18. The van der Waals surface area contributed by atoms with Gasteiger partial charge < -0.3 is 9.15 Å². The second-order valence-corrected chi connectivity index (χ2v) is 3.36. The van der Waals surface area contributed by atoms with E-state index in [2.05, 4.69) is 10.2 Å². The Morgan fingerprint density at radius 2 is 2.18 bits per heavy atom. The Morgan fingerprint density at radius 3 is 2.94 bits per heavy atom. The number of para-hydroxylation sites is 1. The van der Waals surface area contributed by atoms with Gasteiger partial charge >= 0.3 is 0 Å². The van der Waals surface area contributed by atoms with Crippen LogP contribution in [0.3, 0.4) is 0 Å². The number of rotatable bonds is 4. The summed E-state index contributed by atoms with van der Waals surface area (Å²) in [6, 6.07) is 9.45. The van der Waals surface area contributed by atoms with Crippen molar-refractivity contribution in [3.63, 3.8) is 0 Å². The summed E-state index contributed by atoms with van der Waals surface area (Å²) in [6.45, 7) is 0. The molecule has 0 saturated heterocycles. The smallest absolute Gasteiger partial charge is 0.251 e. The highest BCUT2D eigenvalue weighted by Gasteiger charge is 2.12. The number of aromatic nitrogens is 2. The molecule has 0 atom stereocenters. The van der Waals surface area contributed by atoms with Gasteiger partial charge in [-0.05, 0) is 12.1 Å². The van der Waals surface area contributed by atoms with E-state index in [0.717, 1.165) is 5.56 Å². The van der Waals surface area contributed by atoms with Crippen molar-refractivity contribution in [3.8, 4) is 23.3 Å². The van der Waals surface area contributed by atoms with E-state index < -0.39 is 0 Å². The Balaban J connectivity index is 2.28. The Morgan fingerprint density at radius 1 is 1.35 bits per heavy atom. The van der Waals surface area contributed by atoms with E-state index in [1.807, 2.05) is 30.3 Å². The number of hydrogen-bond donors (Lipinski definition) is 0.